The molecule has 0 spiro atoms. The van der Waals surface area contributed by atoms with Crippen LogP contribution in [0, 0.1) is 16.0 Å². The molecule has 0 aromatic heterocycles. The Labute approximate surface area is 163 Å². The second-order valence-corrected chi connectivity index (χ2v) is 7.01. The lowest BCUT2D eigenvalue weighted by atomic mass is 9.94. The number of hydrogen-bond donors (Lipinski definition) is 1. The van der Waals surface area contributed by atoms with Gasteiger partial charge in [0.15, 0.2) is 0 Å². The van der Waals surface area contributed by atoms with Gasteiger partial charge in [0.2, 0.25) is 5.91 Å². The molecule has 2 amide bonds. The summed E-state index contributed by atoms with van der Waals surface area (Å²) in [6.07, 6.45) is 1.21. The third-order valence-corrected chi connectivity index (χ3v) is 5.14. The molecule has 28 heavy (non-hydrogen) atoms. The Morgan fingerprint density at radius 3 is 2.25 bits per heavy atom. The van der Waals surface area contributed by atoms with Crippen molar-refractivity contribution >= 4 is 17.5 Å². The zero-order chi connectivity index (χ0) is 20.1. The fourth-order valence-corrected chi connectivity index (χ4v) is 3.41. The fraction of sp³-hybridized carbons (Fsp3) is 0.333. The van der Waals surface area contributed by atoms with Crippen LogP contribution < -0.4 is 5.32 Å². The molecule has 2 aromatic rings. The molecule has 7 nitrogen and oxygen atoms in total. The molecule has 146 valence electrons. The number of nitrogens with zero attached hydrogens (tertiary/aromatic N) is 2. The number of benzene rings is 2. The molecule has 1 unspecified atom stereocenters. The number of nitrogens with one attached hydrogen (secondary N) is 1. The van der Waals surface area contributed by atoms with E-state index in [4.69, 9.17) is 0 Å². The standard InChI is InChI=1S/C21H23N3O4/c1-15(16-5-3-2-4-6-16)22-20(25)17-11-13-23(14-12-17)21(26)18-7-9-19(10-8-18)24(27)28/h2-10,15,17H,11-14H2,1H3,(H,22,25). The third kappa shape index (κ3) is 4.54. The highest BCUT2D eigenvalue weighted by Gasteiger charge is 2.28. The van der Waals surface area contributed by atoms with Gasteiger partial charge < -0.3 is 10.2 Å². The summed E-state index contributed by atoms with van der Waals surface area (Å²) >= 11 is 0. The molecule has 1 atom stereocenters. The van der Waals surface area contributed by atoms with E-state index < -0.39 is 4.92 Å². The van der Waals surface area contributed by atoms with Crippen molar-refractivity contribution in [3.63, 3.8) is 0 Å². The molecule has 3 rings (SSSR count). The summed E-state index contributed by atoms with van der Waals surface area (Å²) in [4.78, 5) is 37.1. The van der Waals surface area contributed by atoms with Gasteiger partial charge in [-0.1, -0.05) is 30.3 Å². The van der Waals surface area contributed by atoms with Gasteiger partial charge in [-0.3, -0.25) is 19.7 Å². The first-order valence-electron chi connectivity index (χ1n) is 9.34. The predicted octanol–water partition coefficient (Wildman–Crippen LogP) is 3.32. The first-order valence-corrected chi connectivity index (χ1v) is 9.34. The fourth-order valence-electron chi connectivity index (χ4n) is 3.41. The van der Waals surface area contributed by atoms with Crippen molar-refractivity contribution in [1.29, 1.82) is 0 Å². The minimum Gasteiger partial charge on any atom is -0.349 e. The second-order valence-electron chi connectivity index (χ2n) is 7.01. The Bertz CT molecular complexity index is 844. The first kappa shape index (κ1) is 19.5. The third-order valence-electron chi connectivity index (χ3n) is 5.14. The van der Waals surface area contributed by atoms with Gasteiger partial charge in [-0.05, 0) is 37.5 Å². The molecule has 0 saturated carbocycles. The lowest BCUT2D eigenvalue weighted by Crippen LogP contribution is -2.43. The zero-order valence-electron chi connectivity index (χ0n) is 15.7. The Morgan fingerprint density at radius 2 is 1.68 bits per heavy atom. The van der Waals surface area contributed by atoms with Gasteiger partial charge in [-0.25, -0.2) is 0 Å². The van der Waals surface area contributed by atoms with Crippen molar-refractivity contribution in [2.45, 2.75) is 25.8 Å². The number of carbonyl (C=O) groups is 2. The maximum absolute atomic E-state index is 12.6. The average Bonchev–Trinajstić information content (AvgIpc) is 2.74. The summed E-state index contributed by atoms with van der Waals surface area (Å²) in [6, 6.07) is 15.3. The summed E-state index contributed by atoms with van der Waals surface area (Å²) in [5, 5.41) is 13.8. The minimum atomic E-state index is -0.491. The predicted molar refractivity (Wildman–Crippen MR) is 105 cm³/mol. The molecule has 1 fully saturated rings. The molecule has 1 saturated heterocycles. The molecule has 0 aliphatic carbocycles. The molecule has 0 radical (unpaired) electrons. The van der Waals surface area contributed by atoms with E-state index in [0.717, 1.165) is 5.56 Å². The summed E-state index contributed by atoms with van der Waals surface area (Å²) in [7, 11) is 0. The lowest BCUT2D eigenvalue weighted by molar-refractivity contribution is -0.384. The molecule has 7 heteroatoms. The van der Waals surface area contributed by atoms with Gasteiger partial charge in [0.1, 0.15) is 0 Å². The molecule has 1 N–H and O–H groups in total. The number of nitro benzene ring substituents is 1. The number of rotatable bonds is 5. The number of piperidine rings is 1. The van der Waals surface area contributed by atoms with Crippen LogP contribution >= 0.6 is 0 Å². The summed E-state index contributed by atoms with van der Waals surface area (Å²) in [6.45, 7) is 2.95. The monoisotopic (exact) mass is 381 g/mol. The number of likely N-dealkylation sites (tertiary alicyclic amines) is 1. The van der Waals surface area contributed by atoms with E-state index >= 15 is 0 Å². The smallest absolute Gasteiger partial charge is 0.269 e. The summed E-state index contributed by atoms with van der Waals surface area (Å²) < 4.78 is 0. The molecular formula is C21H23N3O4. The van der Waals surface area contributed by atoms with Crippen LogP contribution in [0.25, 0.3) is 0 Å². The number of amides is 2. The zero-order valence-corrected chi connectivity index (χ0v) is 15.7. The van der Waals surface area contributed by atoms with Crippen molar-refractivity contribution in [3.8, 4) is 0 Å². The van der Waals surface area contributed by atoms with Crippen molar-refractivity contribution < 1.29 is 14.5 Å². The highest BCUT2D eigenvalue weighted by Crippen LogP contribution is 2.22. The maximum atomic E-state index is 12.6. The van der Waals surface area contributed by atoms with Gasteiger partial charge in [0.25, 0.3) is 11.6 Å². The van der Waals surface area contributed by atoms with E-state index in [1.807, 2.05) is 37.3 Å². The van der Waals surface area contributed by atoms with E-state index in [0.29, 0.717) is 31.5 Å². The van der Waals surface area contributed by atoms with E-state index in [1.165, 1.54) is 24.3 Å². The largest absolute Gasteiger partial charge is 0.349 e. The topological polar surface area (TPSA) is 92.6 Å². The van der Waals surface area contributed by atoms with E-state index in [-0.39, 0.29) is 29.5 Å². The van der Waals surface area contributed by atoms with Crippen LogP contribution in [0.3, 0.4) is 0 Å². The van der Waals surface area contributed by atoms with Gasteiger partial charge >= 0.3 is 0 Å². The highest BCUT2D eigenvalue weighted by atomic mass is 16.6. The first-order chi connectivity index (χ1) is 13.5. The molecular weight excluding hydrogens is 358 g/mol. The Balaban J connectivity index is 1.52. The number of hydrogen-bond acceptors (Lipinski definition) is 4. The highest BCUT2D eigenvalue weighted by molar-refractivity contribution is 5.94. The minimum absolute atomic E-state index is 0.0128. The summed E-state index contributed by atoms with van der Waals surface area (Å²) in [5.74, 6) is -0.266. The normalized spacial score (nSPS) is 15.7. The Kier molecular flexibility index (Phi) is 6.03. The van der Waals surface area contributed by atoms with Gasteiger partial charge in [0, 0.05) is 36.7 Å². The molecule has 2 aromatic carbocycles. The number of nitro groups is 1. The van der Waals surface area contributed by atoms with Crippen LogP contribution in [0.2, 0.25) is 0 Å². The molecule has 1 aliphatic rings. The van der Waals surface area contributed by atoms with Crippen LogP contribution in [0.1, 0.15) is 41.7 Å². The maximum Gasteiger partial charge on any atom is 0.269 e. The quantitative estimate of drug-likeness (QED) is 0.635. The van der Waals surface area contributed by atoms with Crippen LogP contribution in [0.15, 0.2) is 54.6 Å². The molecule has 1 heterocycles. The van der Waals surface area contributed by atoms with Crippen LogP contribution in [-0.2, 0) is 4.79 Å². The molecule has 0 bridgehead atoms. The van der Waals surface area contributed by atoms with Crippen LogP contribution in [0.4, 0.5) is 5.69 Å². The van der Waals surface area contributed by atoms with Gasteiger partial charge in [0.05, 0.1) is 11.0 Å². The van der Waals surface area contributed by atoms with E-state index in [2.05, 4.69) is 5.32 Å². The van der Waals surface area contributed by atoms with Crippen LogP contribution in [-0.4, -0.2) is 34.7 Å². The lowest BCUT2D eigenvalue weighted by Gasteiger charge is -2.32. The van der Waals surface area contributed by atoms with Crippen molar-refractivity contribution in [1.82, 2.24) is 10.2 Å². The van der Waals surface area contributed by atoms with Gasteiger partial charge in [-0.15, -0.1) is 0 Å². The number of non-ortho nitro benzene ring substituents is 1. The van der Waals surface area contributed by atoms with Gasteiger partial charge in [-0.2, -0.15) is 0 Å². The van der Waals surface area contributed by atoms with Crippen molar-refractivity contribution in [3.05, 3.63) is 75.8 Å². The summed E-state index contributed by atoms with van der Waals surface area (Å²) in [5.41, 5.74) is 1.44. The van der Waals surface area contributed by atoms with Crippen molar-refractivity contribution in [2.75, 3.05) is 13.1 Å². The van der Waals surface area contributed by atoms with E-state index in [1.54, 1.807) is 4.90 Å². The second kappa shape index (κ2) is 8.65. The van der Waals surface area contributed by atoms with Crippen LogP contribution in [0.5, 0.6) is 0 Å². The Morgan fingerprint density at radius 1 is 1.07 bits per heavy atom. The molecule has 1 aliphatic heterocycles. The van der Waals surface area contributed by atoms with E-state index in [9.17, 15) is 19.7 Å². The average molecular weight is 381 g/mol. The van der Waals surface area contributed by atoms with Crippen molar-refractivity contribution in [2.24, 2.45) is 5.92 Å². The Hall–Kier alpha value is -3.22. The SMILES string of the molecule is CC(NC(=O)C1CCN(C(=O)c2ccc([N+](=O)[O-])cc2)CC1)c1ccccc1. The number of carbonyl (C=O) groups excluding carboxylic acids is 2.